The highest BCUT2D eigenvalue weighted by Gasteiger charge is 2.21. The van der Waals surface area contributed by atoms with Crippen LogP contribution in [0.5, 0.6) is 11.5 Å². The minimum atomic E-state index is -3.81. The zero-order valence-electron chi connectivity index (χ0n) is 19.1. The van der Waals surface area contributed by atoms with Gasteiger partial charge < -0.3 is 20.1 Å². The third-order valence-electron chi connectivity index (χ3n) is 4.71. The van der Waals surface area contributed by atoms with Gasteiger partial charge in [-0.2, -0.15) is 0 Å². The second-order valence-corrected chi connectivity index (χ2v) is 8.79. The molecule has 0 aliphatic carbocycles. The molecule has 1 atom stereocenters. The summed E-state index contributed by atoms with van der Waals surface area (Å²) in [5.41, 5.74) is 0.960. The van der Waals surface area contributed by atoms with Crippen LogP contribution in [0.4, 0.5) is 11.4 Å². The molecule has 2 aromatic carbocycles. The third-order valence-corrected chi connectivity index (χ3v) is 5.64. The molecule has 0 heterocycles. The van der Waals surface area contributed by atoms with Gasteiger partial charge >= 0.3 is 0 Å². The molecule has 2 aromatic rings. The van der Waals surface area contributed by atoms with Crippen molar-refractivity contribution in [1.29, 1.82) is 0 Å². The maximum Gasteiger partial charge on any atom is 0.241 e. The number of carbonyl (C=O) groups is 2. The van der Waals surface area contributed by atoms with Crippen LogP contribution in [0.2, 0.25) is 0 Å². The van der Waals surface area contributed by atoms with Gasteiger partial charge in [0.05, 0.1) is 30.7 Å². The molecule has 0 aliphatic heterocycles. The van der Waals surface area contributed by atoms with Crippen LogP contribution in [-0.2, 0) is 19.6 Å². The van der Waals surface area contributed by atoms with E-state index in [9.17, 15) is 18.0 Å². The summed E-state index contributed by atoms with van der Waals surface area (Å²) >= 11 is 0. The van der Waals surface area contributed by atoms with Crippen LogP contribution >= 0.6 is 0 Å². The van der Waals surface area contributed by atoms with Crippen LogP contribution in [0.1, 0.15) is 20.8 Å². The highest BCUT2D eigenvalue weighted by atomic mass is 32.2. The van der Waals surface area contributed by atoms with Crippen molar-refractivity contribution < 1.29 is 27.5 Å². The maximum absolute atomic E-state index is 12.5. The molecule has 0 radical (unpaired) electrons. The van der Waals surface area contributed by atoms with Crippen molar-refractivity contribution in [2.75, 3.05) is 37.4 Å². The Kier molecular flexibility index (Phi) is 9.21. The smallest absolute Gasteiger partial charge is 0.241 e. The number of rotatable bonds is 11. The molecule has 0 spiro atoms. The van der Waals surface area contributed by atoms with Crippen molar-refractivity contribution in [2.24, 2.45) is 5.14 Å². The Bertz CT molecular complexity index is 1070. The summed E-state index contributed by atoms with van der Waals surface area (Å²) in [6.07, 6.45) is 0. The fraction of sp³-hybridized carbons (Fsp3) is 0.364. The second kappa shape index (κ2) is 11.6. The third kappa shape index (κ3) is 7.74. The number of amides is 2. The van der Waals surface area contributed by atoms with E-state index in [-0.39, 0.29) is 23.3 Å². The van der Waals surface area contributed by atoms with Gasteiger partial charge in [-0.05, 0) is 64.2 Å². The number of nitrogens with zero attached hydrogens (tertiary/aromatic N) is 1. The number of hydrogen-bond acceptors (Lipinski definition) is 7. The molecule has 33 heavy (non-hydrogen) atoms. The summed E-state index contributed by atoms with van der Waals surface area (Å²) in [5.74, 6) is 0.471. The predicted octanol–water partition coefficient (Wildman–Crippen LogP) is 2.03. The molecule has 0 aromatic heterocycles. The number of benzene rings is 2. The minimum absolute atomic E-state index is 0.0316. The van der Waals surface area contributed by atoms with Gasteiger partial charge in [0.1, 0.15) is 0 Å². The van der Waals surface area contributed by atoms with Crippen LogP contribution in [-0.4, -0.2) is 58.0 Å². The average Bonchev–Trinajstić information content (AvgIpc) is 2.75. The van der Waals surface area contributed by atoms with Gasteiger partial charge in [-0.25, -0.2) is 13.6 Å². The van der Waals surface area contributed by atoms with Crippen molar-refractivity contribution in [3.63, 3.8) is 0 Å². The first-order valence-corrected chi connectivity index (χ1v) is 11.9. The number of anilines is 2. The second-order valence-electron chi connectivity index (χ2n) is 7.23. The van der Waals surface area contributed by atoms with Gasteiger partial charge in [-0.15, -0.1) is 0 Å². The number of ether oxygens (including phenoxy) is 2. The molecule has 0 saturated carbocycles. The van der Waals surface area contributed by atoms with Crippen molar-refractivity contribution in [3.8, 4) is 11.5 Å². The molecule has 1 unspecified atom stereocenters. The number of sulfonamides is 1. The number of primary sulfonamides is 1. The maximum atomic E-state index is 12.5. The molecule has 0 fully saturated rings. The van der Waals surface area contributed by atoms with Crippen LogP contribution in [0, 0.1) is 0 Å². The first-order chi connectivity index (χ1) is 15.5. The molecule has 180 valence electrons. The van der Waals surface area contributed by atoms with E-state index in [1.165, 1.54) is 24.3 Å². The summed E-state index contributed by atoms with van der Waals surface area (Å²) in [7, 11) is -2.16. The summed E-state index contributed by atoms with van der Waals surface area (Å²) in [6.45, 7) is 6.31. The topological polar surface area (TPSA) is 140 Å². The Labute approximate surface area is 194 Å². The van der Waals surface area contributed by atoms with Gasteiger partial charge in [-0.1, -0.05) is 0 Å². The van der Waals surface area contributed by atoms with Crippen LogP contribution < -0.4 is 25.2 Å². The van der Waals surface area contributed by atoms with Crippen LogP contribution in [0.15, 0.2) is 47.4 Å². The van der Waals surface area contributed by atoms with Gasteiger partial charge in [-0.3, -0.25) is 14.5 Å². The SMILES string of the molecule is CCOc1ccc(NC(=O)CN(C)C(C)C(=O)Nc2ccc(S(N)(=O)=O)cc2)cc1OCC. The van der Waals surface area contributed by atoms with Crippen LogP contribution in [0.25, 0.3) is 0 Å². The lowest BCUT2D eigenvalue weighted by Gasteiger charge is -2.23. The van der Waals surface area contributed by atoms with Crippen LogP contribution in [0.3, 0.4) is 0 Å². The Morgan fingerprint density at radius 1 is 0.970 bits per heavy atom. The Morgan fingerprint density at radius 2 is 1.55 bits per heavy atom. The standard InChI is InChI=1S/C22H30N4O6S/c1-5-31-19-12-9-17(13-20(19)32-6-2)24-21(27)14-26(4)15(3)22(28)25-16-7-10-18(11-8-16)33(23,29)30/h7-13,15H,5-6,14H2,1-4H3,(H,24,27)(H,25,28)(H2,23,29,30). The molecule has 0 saturated heterocycles. The first kappa shape index (κ1) is 26.1. The zero-order chi connectivity index (χ0) is 24.6. The lowest BCUT2D eigenvalue weighted by molar-refractivity contribution is -0.122. The lowest BCUT2D eigenvalue weighted by atomic mass is 10.2. The zero-order valence-corrected chi connectivity index (χ0v) is 19.9. The van der Waals surface area contributed by atoms with Crippen molar-refractivity contribution >= 4 is 33.2 Å². The van der Waals surface area contributed by atoms with Crippen molar-refractivity contribution in [3.05, 3.63) is 42.5 Å². The number of hydrogen-bond donors (Lipinski definition) is 3. The minimum Gasteiger partial charge on any atom is -0.490 e. The fourth-order valence-corrected chi connectivity index (χ4v) is 3.38. The van der Waals surface area contributed by atoms with E-state index < -0.39 is 16.1 Å². The molecule has 2 amide bonds. The Balaban J connectivity index is 1.95. The number of carbonyl (C=O) groups excluding carboxylic acids is 2. The Morgan fingerprint density at radius 3 is 2.12 bits per heavy atom. The fourth-order valence-electron chi connectivity index (χ4n) is 2.87. The molecule has 2 rings (SSSR count). The summed E-state index contributed by atoms with van der Waals surface area (Å²) in [5, 5.41) is 10.5. The molecule has 4 N–H and O–H groups in total. The number of nitrogens with one attached hydrogen (secondary N) is 2. The van der Waals surface area contributed by atoms with Crippen molar-refractivity contribution in [1.82, 2.24) is 4.90 Å². The van der Waals surface area contributed by atoms with E-state index >= 15 is 0 Å². The number of likely N-dealkylation sites (N-methyl/N-ethyl adjacent to an activating group) is 1. The van der Waals surface area contributed by atoms with Crippen molar-refractivity contribution in [2.45, 2.75) is 31.7 Å². The summed E-state index contributed by atoms with van der Waals surface area (Å²) < 4.78 is 33.7. The average molecular weight is 479 g/mol. The molecule has 11 heteroatoms. The van der Waals surface area contributed by atoms with Gasteiger partial charge in [0, 0.05) is 17.4 Å². The normalized spacial score (nSPS) is 12.2. The lowest BCUT2D eigenvalue weighted by Crippen LogP contribution is -2.43. The largest absolute Gasteiger partial charge is 0.490 e. The monoisotopic (exact) mass is 478 g/mol. The summed E-state index contributed by atoms with van der Waals surface area (Å²) in [6, 6.07) is 10.00. The van der Waals surface area contributed by atoms with E-state index in [1.54, 1.807) is 37.1 Å². The molecule has 0 bridgehead atoms. The number of nitrogens with two attached hydrogens (primary N) is 1. The highest BCUT2D eigenvalue weighted by molar-refractivity contribution is 7.89. The van der Waals surface area contributed by atoms with E-state index in [0.29, 0.717) is 36.1 Å². The highest BCUT2D eigenvalue weighted by Crippen LogP contribution is 2.30. The van der Waals surface area contributed by atoms with Gasteiger partial charge in [0.25, 0.3) is 0 Å². The quantitative estimate of drug-likeness (QED) is 0.449. The summed E-state index contributed by atoms with van der Waals surface area (Å²) in [4.78, 5) is 26.6. The Hall–Kier alpha value is -3.15. The van der Waals surface area contributed by atoms with E-state index in [0.717, 1.165) is 0 Å². The van der Waals surface area contributed by atoms with E-state index in [1.807, 2.05) is 13.8 Å². The molecule has 10 nitrogen and oxygen atoms in total. The molecular formula is C22H30N4O6S. The van der Waals surface area contributed by atoms with E-state index in [2.05, 4.69) is 10.6 Å². The molecular weight excluding hydrogens is 448 g/mol. The van der Waals surface area contributed by atoms with Gasteiger partial charge in [0.15, 0.2) is 11.5 Å². The predicted molar refractivity (Wildman–Crippen MR) is 126 cm³/mol. The molecule has 0 aliphatic rings. The van der Waals surface area contributed by atoms with E-state index in [4.69, 9.17) is 14.6 Å². The van der Waals surface area contributed by atoms with Gasteiger partial charge in [0.2, 0.25) is 21.8 Å². The first-order valence-electron chi connectivity index (χ1n) is 10.4.